The average Bonchev–Trinajstić information content (AvgIpc) is 2.19. The highest BCUT2D eigenvalue weighted by molar-refractivity contribution is 5.39. The fourth-order valence-corrected chi connectivity index (χ4v) is 1.44. The van der Waals surface area contributed by atoms with E-state index in [1.165, 1.54) is 0 Å². The Morgan fingerprint density at radius 2 is 2.23 bits per heavy atom. The monoisotopic (exact) mass is 176 g/mol. The summed E-state index contributed by atoms with van der Waals surface area (Å²) in [6.07, 6.45) is 3.66. The van der Waals surface area contributed by atoms with Crippen LogP contribution in [0.3, 0.4) is 0 Å². The molecule has 1 aromatic rings. The third-order valence-corrected chi connectivity index (χ3v) is 2.02. The van der Waals surface area contributed by atoms with Crippen LogP contribution in [0, 0.1) is 0 Å². The molecule has 1 heterocycles. The highest BCUT2D eigenvalue weighted by atomic mass is 16.5. The van der Waals surface area contributed by atoms with Crippen LogP contribution in [0.15, 0.2) is 36.6 Å². The molecule has 0 radical (unpaired) electrons. The first-order valence-corrected chi connectivity index (χ1v) is 4.45. The van der Waals surface area contributed by atoms with E-state index < -0.39 is 0 Å². The smallest absolute Gasteiger partial charge is 0.132 e. The van der Waals surface area contributed by atoms with Gasteiger partial charge in [-0.1, -0.05) is 18.2 Å². The SMILES string of the molecule is CCOC1C=COc2ccccc21. The molecule has 1 aliphatic rings. The minimum absolute atomic E-state index is 0.0509. The van der Waals surface area contributed by atoms with Crippen molar-refractivity contribution in [3.63, 3.8) is 0 Å². The van der Waals surface area contributed by atoms with Gasteiger partial charge in [0.25, 0.3) is 0 Å². The van der Waals surface area contributed by atoms with Crippen LogP contribution in [0.4, 0.5) is 0 Å². The second kappa shape index (κ2) is 3.62. The second-order valence-corrected chi connectivity index (χ2v) is 2.86. The van der Waals surface area contributed by atoms with Gasteiger partial charge in [0.1, 0.15) is 11.9 Å². The molecule has 1 atom stereocenters. The predicted molar refractivity (Wildman–Crippen MR) is 50.6 cm³/mol. The van der Waals surface area contributed by atoms with Crippen LogP contribution < -0.4 is 4.74 Å². The molecule has 2 nitrogen and oxygen atoms in total. The quantitative estimate of drug-likeness (QED) is 0.689. The van der Waals surface area contributed by atoms with E-state index in [4.69, 9.17) is 9.47 Å². The third kappa shape index (κ3) is 1.58. The maximum absolute atomic E-state index is 5.54. The summed E-state index contributed by atoms with van der Waals surface area (Å²) in [5, 5.41) is 0. The number of para-hydroxylation sites is 1. The van der Waals surface area contributed by atoms with Gasteiger partial charge in [0.15, 0.2) is 0 Å². The highest BCUT2D eigenvalue weighted by Crippen LogP contribution is 2.31. The zero-order valence-electron chi connectivity index (χ0n) is 7.57. The minimum atomic E-state index is 0.0509. The van der Waals surface area contributed by atoms with E-state index in [0.29, 0.717) is 6.61 Å². The van der Waals surface area contributed by atoms with E-state index in [9.17, 15) is 0 Å². The predicted octanol–water partition coefficient (Wildman–Crippen LogP) is 2.67. The lowest BCUT2D eigenvalue weighted by molar-refractivity contribution is 0.0903. The first-order chi connectivity index (χ1) is 6.42. The summed E-state index contributed by atoms with van der Waals surface area (Å²) in [5.74, 6) is 0.892. The molecular weight excluding hydrogens is 164 g/mol. The summed E-state index contributed by atoms with van der Waals surface area (Å²) in [7, 11) is 0. The van der Waals surface area contributed by atoms with Gasteiger partial charge in [-0.2, -0.15) is 0 Å². The largest absolute Gasteiger partial charge is 0.465 e. The van der Waals surface area contributed by atoms with Crippen molar-refractivity contribution in [2.24, 2.45) is 0 Å². The summed E-state index contributed by atoms with van der Waals surface area (Å²) in [6, 6.07) is 7.93. The number of hydrogen-bond donors (Lipinski definition) is 0. The van der Waals surface area contributed by atoms with E-state index in [1.807, 2.05) is 37.3 Å². The van der Waals surface area contributed by atoms with Crippen LogP contribution in [-0.4, -0.2) is 6.61 Å². The Morgan fingerprint density at radius 3 is 3.08 bits per heavy atom. The topological polar surface area (TPSA) is 18.5 Å². The van der Waals surface area contributed by atoms with Crippen molar-refractivity contribution < 1.29 is 9.47 Å². The van der Waals surface area contributed by atoms with Crippen molar-refractivity contribution >= 4 is 0 Å². The van der Waals surface area contributed by atoms with Gasteiger partial charge in [-0.15, -0.1) is 0 Å². The Balaban J connectivity index is 2.31. The molecule has 2 heteroatoms. The van der Waals surface area contributed by atoms with Crippen LogP contribution in [0.1, 0.15) is 18.6 Å². The Kier molecular flexibility index (Phi) is 2.32. The van der Waals surface area contributed by atoms with Crippen molar-refractivity contribution in [1.82, 2.24) is 0 Å². The summed E-state index contributed by atoms with van der Waals surface area (Å²) < 4.78 is 10.9. The molecule has 0 saturated heterocycles. The van der Waals surface area contributed by atoms with Gasteiger partial charge in [-0.3, -0.25) is 0 Å². The number of rotatable bonds is 2. The summed E-state index contributed by atoms with van der Waals surface area (Å²) in [5.41, 5.74) is 1.10. The summed E-state index contributed by atoms with van der Waals surface area (Å²) in [6.45, 7) is 2.70. The zero-order valence-corrected chi connectivity index (χ0v) is 7.57. The molecule has 0 saturated carbocycles. The van der Waals surface area contributed by atoms with Gasteiger partial charge < -0.3 is 9.47 Å². The lowest BCUT2D eigenvalue weighted by Gasteiger charge is -2.20. The van der Waals surface area contributed by atoms with Crippen molar-refractivity contribution in [1.29, 1.82) is 0 Å². The lowest BCUT2D eigenvalue weighted by Crippen LogP contribution is -2.07. The number of fused-ring (bicyclic) bond motifs is 1. The molecule has 0 amide bonds. The van der Waals surface area contributed by atoms with E-state index in [-0.39, 0.29) is 6.10 Å². The van der Waals surface area contributed by atoms with E-state index in [0.717, 1.165) is 11.3 Å². The van der Waals surface area contributed by atoms with Gasteiger partial charge in [0, 0.05) is 12.2 Å². The molecular formula is C11H12O2. The Bertz CT molecular complexity index is 318. The standard InChI is InChI=1S/C11H12O2/c1-2-12-11-7-8-13-10-6-4-3-5-9(10)11/h3-8,11H,2H2,1H3. The Hall–Kier alpha value is -1.28. The van der Waals surface area contributed by atoms with Crippen molar-refractivity contribution in [2.75, 3.05) is 6.61 Å². The molecule has 0 fully saturated rings. The van der Waals surface area contributed by atoms with Gasteiger partial charge in [-0.05, 0) is 19.1 Å². The zero-order chi connectivity index (χ0) is 9.10. The maximum atomic E-state index is 5.54. The molecule has 0 aromatic heterocycles. The average molecular weight is 176 g/mol. The molecule has 2 rings (SSSR count). The summed E-state index contributed by atoms with van der Waals surface area (Å²) in [4.78, 5) is 0. The van der Waals surface area contributed by atoms with Crippen molar-refractivity contribution in [3.05, 3.63) is 42.2 Å². The van der Waals surface area contributed by atoms with Gasteiger partial charge in [0.2, 0.25) is 0 Å². The molecule has 1 aromatic carbocycles. The third-order valence-electron chi connectivity index (χ3n) is 2.02. The summed E-state index contributed by atoms with van der Waals surface area (Å²) >= 11 is 0. The van der Waals surface area contributed by atoms with E-state index in [2.05, 4.69) is 0 Å². The number of benzene rings is 1. The molecule has 0 N–H and O–H groups in total. The number of hydrogen-bond acceptors (Lipinski definition) is 2. The fourth-order valence-electron chi connectivity index (χ4n) is 1.44. The van der Waals surface area contributed by atoms with Crippen molar-refractivity contribution in [2.45, 2.75) is 13.0 Å². The highest BCUT2D eigenvalue weighted by Gasteiger charge is 2.16. The van der Waals surface area contributed by atoms with Gasteiger partial charge in [-0.25, -0.2) is 0 Å². The van der Waals surface area contributed by atoms with Crippen LogP contribution in [0.5, 0.6) is 5.75 Å². The molecule has 1 aliphatic heterocycles. The van der Waals surface area contributed by atoms with Crippen LogP contribution in [0.2, 0.25) is 0 Å². The van der Waals surface area contributed by atoms with Crippen molar-refractivity contribution in [3.8, 4) is 5.75 Å². The Labute approximate surface area is 77.8 Å². The maximum Gasteiger partial charge on any atom is 0.132 e. The Morgan fingerprint density at radius 1 is 1.38 bits per heavy atom. The van der Waals surface area contributed by atoms with Crippen LogP contribution in [0.25, 0.3) is 0 Å². The van der Waals surface area contributed by atoms with Crippen LogP contribution >= 0.6 is 0 Å². The fraction of sp³-hybridized carbons (Fsp3) is 0.273. The van der Waals surface area contributed by atoms with E-state index >= 15 is 0 Å². The first-order valence-electron chi connectivity index (χ1n) is 4.45. The van der Waals surface area contributed by atoms with E-state index in [1.54, 1.807) is 6.26 Å². The normalized spacial score (nSPS) is 19.3. The van der Waals surface area contributed by atoms with Gasteiger partial charge >= 0.3 is 0 Å². The molecule has 13 heavy (non-hydrogen) atoms. The molecule has 0 bridgehead atoms. The van der Waals surface area contributed by atoms with Crippen LogP contribution in [-0.2, 0) is 4.74 Å². The van der Waals surface area contributed by atoms with Gasteiger partial charge in [0.05, 0.1) is 6.26 Å². The lowest BCUT2D eigenvalue weighted by atomic mass is 10.1. The first kappa shape index (κ1) is 8.32. The second-order valence-electron chi connectivity index (χ2n) is 2.86. The molecule has 68 valence electrons. The molecule has 0 aliphatic carbocycles. The molecule has 1 unspecified atom stereocenters. The minimum Gasteiger partial charge on any atom is -0.465 e. The number of ether oxygens (including phenoxy) is 2. The molecule has 0 spiro atoms.